The quantitative estimate of drug-likeness (QED) is 0.688. The van der Waals surface area contributed by atoms with Crippen LogP contribution in [-0.4, -0.2) is 15.1 Å². The van der Waals surface area contributed by atoms with Crippen LogP contribution < -0.4 is 0 Å². The maximum Gasteiger partial charge on any atom is 0.211 e. The van der Waals surface area contributed by atoms with Crippen LogP contribution in [0.2, 0.25) is 0 Å². The van der Waals surface area contributed by atoms with Crippen LogP contribution in [0.3, 0.4) is 0 Å². The molecule has 0 unspecified atom stereocenters. The number of aromatic hydroxyl groups is 1. The average molecular weight is 222 g/mol. The van der Waals surface area contributed by atoms with E-state index in [1.807, 2.05) is 42.5 Å². The molecule has 2 heterocycles. The van der Waals surface area contributed by atoms with Gasteiger partial charge in [0.1, 0.15) is 5.69 Å². The number of rotatable bonds is 1. The first-order valence-electron chi connectivity index (χ1n) is 5.35. The van der Waals surface area contributed by atoms with Crippen LogP contribution >= 0.6 is 0 Å². The fourth-order valence-electron chi connectivity index (χ4n) is 1.88. The number of hydrogen-bond donors (Lipinski definition) is 1. The highest BCUT2D eigenvalue weighted by Crippen LogP contribution is 2.27. The molecule has 3 nitrogen and oxygen atoms in total. The Hall–Kier alpha value is -2.42. The Balaban J connectivity index is 2.36. The summed E-state index contributed by atoms with van der Waals surface area (Å²) in [5.74, 6) is 0.0179. The van der Waals surface area contributed by atoms with E-state index in [-0.39, 0.29) is 5.88 Å². The van der Waals surface area contributed by atoms with E-state index >= 15 is 0 Å². The van der Waals surface area contributed by atoms with Crippen LogP contribution in [-0.2, 0) is 0 Å². The molecule has 0 fully saturated rings. The molecule has 0 spiro atoms. The number of fused-ring (bicyclic) bond motifs is 1. The minimum Gasteiger partial charge on any atom is -0.493 e. The molecule has 0 radical (unpaired) electrons. The van der Waals surface area contributed by atoms with Crippen LogP contribution in [0, 0.1) is 0 Å². The summed E-state index contributed by atoms with van der Waals surface area (Å²) in [5.41, 5.74) is 1.47. The van der Waals surface area contributed by atoms with Gasteiger partial charge < -0.3 is 5.11 Å². The van der Waals surface area contributed by atoms with Crippen molar-refractivity contribution in [3.63, 3.8) is 0 Å². The summed E-state index contributed by atoms with van der Waals surface area (Å²) in [4.78, 5) is 8.43. The third-order valence-corrected chi connectivity index (χ3v) is 2.63. The van der Waals surface area contributed by atoms with Crippen LogP contribution in [0.25, 0.3) is 22.2 Å². The van der Waals surface area contributed by atoms with E-state index in [1.54, 1.807) is 12.3 Å². The summed E-state index contributed by atoms with van der Waals surface area (Å²) in [6.45, 7) is 0. The molecule has 0 atom stereocenters. The molecule has 3 rings (SSSR count). The Labute approximate surface area is 98.4 Å². The van der Waals surface area contributed by atoms with E-state index in [0.29, 0.717) is 5.69 Å². The third kappa shape index (κ3) is 1.72. The van der Waals surface area contributed by atoms with Crippen molar-refractivity contribution < 1.29 is 5.11 Å². The molecule has 17 heavy (non-hydrogen) atoms. The van der Waals surface area contributed by atoms with E-state index in [2.05, 4.69) is 9.97 Å². The van der Waals surface area contributed by atoms with Gasteiger partial charge in [0.15, 0.2) is 0 Å². The van der Waals surface area contributed by atoms with Crippen molar-refractivity contribution in [1.82, 2.24) is 9.97 Å². The minimum atomic E-state index is 0.0179. The Bertz CT molecular complexity index is 665. The van der Waals surface area contributed by atoms with Crippen molar-refractivity contribution >= 4 is 10.8 Å². The zero-order chi connectivity index (χ0) is 11.7. The van der Waals surface area contributed by atoms with E-state index in [4.69, 9.17) is 0 Å². The van der Waals surface area contributed by atoms with Gasteiger partial charge in [-0.1, -0.05) is 30.3 Å². The topological polar surface area (TPSA) is 46.0 Å². The number of aromatic nitrogens is 2. The lowest BCUT2D eigenvalue weighted by atomic mass is 10.1. The molecule has 2 aromatic heterocycles. The predicted octanol–water partition coefficient (Wildman–Crippen LogP) is 3.00. The molecule has 3 heteroatoms. The van der Waals surface area contributed by atoms with Gasteiger partial charge in [0.25, 0.3) is 0 Å². The van der Waals surface area contributed by atoms with Gasteiger partial charge >= 0.3 is 0 Å². The largest absolute Gasteiger partial charge is 0.493 e. The Morgan fingerprint density at radius 2 is 1.76 bits per heavy atom. The predicted molar refractivity (Wildman–Crippen MR) is 66.6 cm³/mol. The maximum absolute atomic E-state index is 9.63. The maximum atomic E-state index is 9.63. The Morgan fingerprint density at radius 1 is 0.941 bits per heavy atom. The van der Waals surface area contributed by atoms with Gasteiger partial charge in [0.05, 0.1) is 5.69 Å². The van der Waals surface area contributed by atoms with Crippen molar-refractivity contribution in [3.05, 3.63) is 54.7 Å². The SMILES string of the molecule is Oc1cc2ccccc2c(-c2ccccn2)n1. The van der Waals surface area contributed by atoms with Crippen molar-refractivity contribution in [3.8, 4) is 17.3 Å². The first-order chi connectivity index (χ1) is 8.34. The zero-order valence-corrected chi connectivity index (χ0v) is 9.04. The first kappa shape index (κ1) is 9.78. The molecule has 0 saturated heterocycles. The van der Waals surface area contributed by atoms with Gasteiger partial charge in [-0.3, -0.25) is 4.98 Å². The molecule has 0 amide bonds. The molecule has 82 valence electrons. The number of nitrogens with zero attached hydrogens (tertiary/aromatic N) is 2. The van der Waals surface area contributed by atoms with Crippen molar-refractivity contribution in [2.75, 3.05) is 0 Å². The van der Waals surface area contributed by atoms with E-state index in [0.717, 1.165) is 16.5 Å². The highest BCUT2D eigenvalue weighted by molar-refractivity contribution is 5.94. The molecule has 0 saturated carbocycles. The second-order valence-electron chi connectivity index (χ2n) is 3.77. The molecule has 0 bridgehead atoms. The standard InChI is InChI=1S/C14H10N2O/c17-13-9-10-5-1-2-6-11(10)14(16-13)12-7-3-4-8-15-12/h1-9H,(H,16,17). The highest BCUT2D eigenvalue weighted by Gasteiger charge is 2.07. The molecular formula is C14H10N2O. The van der Waals surface area contributed by atoms with Crippen LogP contribution in [0.5, 0.6) is 5.88 Å². The fraction of sp³-hybridized carbons (Fsp3) is 0. The van der Waals surface area contributed by atoms with Gasteiger partial charge in [0.2, 0.25) is 5.88 Å². The normalized spacial score (nSPS) is 10.6. The van der Waals surface area contributed by atoms with Gasteiger partial charge in [-0.05, 0) is 17.5 Å². The van der Waals surface area contributed by atoms with Crippen LogP contribution in [0.4, 0.5) is 0 Å². The van der Waals surface area contributed by atoms with E-state index in [9.17, 15) is 5.11 Å². The smallest absolute Gasteiger partial charge is 0.211 e. The van der Waals surface area contributed by atoms with E-state index in [1.165, 1.54) is 0 Å². The third-order valence-electron chi connectivity index (χ3n) is 2.63. The highest BCUT2D eigenvalue weighted by atomic mass is 16.3. The molecule has 1 N–H and O–H groups in total. The minimum absolute atomic E-state index is 0.0179. The number of benzene rings is 1. The first-order valence-corrected chi connectivity index (χ1v) is 5.35. The van der Waals surface area contributed by atoms with E-state index < -0.39 is 0 Å². The van der Waals surface area contributed by atoms with Crippen LogP contribution in [0.15, 0.2) is 54.7 Å². The summed E-state index contributed by atoms with van der Waals surface area (Å²) >= 11 is 0. The average Bonchev–Trinajstić information content (AvgIpc) is 2.39. The molecule has 0 aliphatic heterocycles. The van der Waals surface area contributed by atoms with Gasteiger partial charge in [-0.25, -0.2) is 4.98 Å². The van der Waals surface area contributed by atoms with Crippen LogP contribution in [0.1, 0.15) is 0 Å². The monoisotopic (exact) mass is 222 g/mol. The molecular weight excluding hydrogens is 212 g/mol. The summed E-state index contributed by atoms with van der Waals surface area (Å²) in [6, 6.07) is 15.1. The lowest BCUT2D eigenvalue weighted by molar-refractivity contribution is 0.455. The molecule has 0 aliphatic carbocycles. The lowest BCUT2D eigenvalue weighted by Gasteiger charge is -2.05. The second-order valence-corrected chi connectivity index (χ2v) is 3.77. The molecule has 3 aromatic rings. The second kappa shape index (κ2) is 3.87. The summed E-state index contributed by atoms with van der Waals surface area (Å²) in [5, 5.41) is 11.6. The summed E-state index contributed by atoms with van der Waals surface area (Å²) in [6.07, 6.45) is 1.72. The molecule has 0 aliphatic rings. The molecule has 1 aromatic carbocycles. The number of hydrogen-bond acceptors (Lipinski definition) is 3. The van der Waals surface area contributed by atoms with Gasteiger partial charge in [0, 0.05) is 17.6 Å². The summed E-state index contributed by atoms with van der Waals surface area (Å²) in [7, 11) is 0. The summed E-state index contributed by atoms with van der Waals surface area (Å²) < 4.78 is 0. The van der Waals surface area contributed by atoms with Crippen molar-refractivity contribution in [2.24, 2.45) is 0 Å². The van der Waals surface area contributed by atoms with Crippen molar-refractivity contribution in [1.29, 1.82) is 0 Å². The zero-order valence-electron chi connectivity index (χ0n) is 9.04. The number of pyridine rings is 2. The van der Waals surface area contributed by atoms with Gasteiger partial charge in [-0.2, -0.15) is 0 Å². The van der Waals surface area contributed by atoms with Crippen molar-refractivity contribution in [2.45, 2.75) is 0 Å². The Morgan fingerprint density at radius 3 is 2.59 bits per heavy atom. The Kier molecular flexibility index (Phi) is 2.22. The fourth-order valence-corrected chi connectivity index (χ4v) is 1.88. The van der Waals surface area contributed by atoms with Gasteiger partial charge in [-0.15, -0.1) is 0 Å². The lowest BCUT2D eigenvalue weighted by Crippen LogP contribution is -1.89.